The predicted molar refractivity (Wildman–Crippen MR) is 103 cm³/mol. The summed E-state index contributed by atoms with van der Waals surface area (Å²) in [5, 5.41) is 0. The number of benzene rings is 1. The molecule has 0 bridgehead atoms. The summed E-state index contributed by atoms with van der Waals surface area (Å²) in [6.07, 6.45) is 3.30. The average molecular weight is 343 g/mol. The molecule has 0 spiro atoms. The lowest BCUT2D eigenvalue weighted by Gasteiger charge is -2.39. The molecular formula is C22H34N2O. The van der Waals surface area contributed by atoms with Gasteiger partial charge >= 0.3 is 0 Å². The topological polar surface area (TPSA) is 23.6 Å². The summed E-state index contributed by atoms with van der Waals surface area (Å²) in [6, 6.07) is 6.72. The molecule has 3 nitrogen and oxygen atoms in total. The van der Waals surface area contributed by atoms with E-state index in [0.29, 0.717) is 17.7 Å². The third-order valence-electron chi connectivity index (χ3n) is 6.02. The Balaban J connectivity index is 1.53. The van der Waals surface area contributed by atoms with Gasteiger partial charge in [0.25, 0.3) is 0 Å². The number of carbonyl (C=O) groups is 1. The average Bonchev–Trinajstić information content (AvgIpc) is 2.57. The Morgan fingerprint density at radius 1 is 1.08 bits per heavy atom. The number of nitrogens with zero attached hydrogens (tertiary/aromatic N) is 2. The minimum atomic E-state index is 0.243. The number of aryl methyl sites for hydroxylation is 2. The zero-order chi connectivity index (χ0) is 18.0. The van der Waals surface area contributed by atoms with Gasteiger partial charge in [0.15, 0.2) is 0 Å². The highest BCUT2D eigenvalue weighted by molar-refractivity contribution is 5.79. The van der Waals surface area contributed by atoms with Crippen molar-refractivity contribution in [3.8, 4) is 0 Å². The van der Waals surface area contributed by atoms with Crippen LogP contribution in [0, 0.1) is 31.6 Å². The minimum absolute atomic E-state index is 0.243. The van der Waals surface area contributed by atoms with Crippen LogP contribution < -0.4 is 0 Å². The Morgan fingerprint density at radius 3 is 2.36 bits per heavy atom. The number of likely N-dealkylation sites (tertiary alicyclic amines) is 2. The lowest BCUT2D eigenvalue weighted by Crippen LogP contribution is -2.47. The van der Waals surface area contributed by atoms with Crippen LogP contribution in [0.4, 0.5) is 0 Å². The SMILES string of the molecule is Cc1ccc(C)c(CN2CCC(C(=O)N3CC(C)CC(C)C3)CC2)c1. The molecule has 2 heterocycles. The second-order valence-corrected chi connectivity index (χ2v) is 8.67. The highest BCUT2D eigenvalue weighted by atomic mass is 16.2. The molecule has 2 atom stereocenters. The molecule has 2 unspecified atom stereocenters. The van der Waals surface area contributed by atoms with Gasteiger partial charge in [-0.1, -0.05) is 37.6 Å². The van der Waals surface area contributed by atoms with Crippen molar-refractivity contribution < 1.29 is 4.79 Å². The van der Waals surface area contributed by atoms with Crippen molar-refractivity contribution in [2.24, 2.45) is 17.8 Å². The molecule has 2 aliphatic rings. The normalized spacial score (nSPS) is 26.0. The van der Waals surface area contributed by atoms with E-state index in [0.717, 1.165) is 45.6 Å². The molecule has 1 aromatic carbocycles. The first-order chi connectivity index (χ1) is 11.9. The van der Waals surface area contributed by atoms with Crippen LogP contribution in [-0.2, 0) is 11.3 Å². The Labute approximate surface area is 153 Å². The Morgan fingerprint density at radius 2 is 1.72 bits per heavy atom. The molecule has 0 N–H and O–H groups in total. The predicted octanol–water partition coefficient (Wildman–Crippen LogP) is 4.02. The van der Waals surface area contributed by atoms with Crippen molar-refractivity contribution in [3.05, 3.63) is 34.9 Å². The number of piperidine rings is 2. The van der Waals surface area contributed by atoms with Gasteiger partial charge in [-0.15, -0.1) is 0 Å². The van der Waals surface area contributed by atoms with E-state index in [4.69, 9.17) is 0 Å². The zero-order valence-corrected chi connectivity index (χ0v) is 16.4. The number of rotatable bonds is 3. The molecule has 0 aliphatic carbocycles. The fraction of sp³-hybridized carbons (Fsp3) is 0.682. The fourth-order valence-electron chi connectivity index (χ4n) is 4.65. The van der Waals surface area contributed by atoms with Gasteiger partial charge in [-0.3, -0.25) is 9.69 Å². The largest absolute Gasteiger partial charge is 0.342 e. The van der Waals surface area contributed by atoms with Gasteiger partial charge in [-0.05, 0) is 69.2 Å². The fourth-order valence-corrected chi connectivity index (χ4v) is 4.65. The molecule has 0 saturated carbocycles. The van der Waals surface area contributed by atoms with Crippen molar-refractivity contribution in [2.45, 2.75) is 53.5 Å². The smallest absolute Gasteiger partial charge is 0.225 e. The Hall–Kier alpha value is -1.35. The second kappa shape index (κ2) is 7.90. The van der Waals surface area contributed by atoms with Crippen LogP contribution >= 0.6 is 0 Å². The van der Waals surface area contributed by atoms with Crippen molar-refractivity contribution in [2.75, 3.05) is 26.2 Å². The van der Waals surface area contributed by atoms with Gasteiger partial charge in [0.05, 0.1) is 0 Å². The maximum Gasteiger partial charge on any atom is 0.225 e. The van der Waals surface area contributed by atoms with Crippen LogP contribution in [0.3, 0.4) is 0 Å². The summed E-state index contributed by atoms with van der Waals surface area (Å²) in [4.78, 5) is 17.6. The molecule has 2 fully saturated rings. The summed E-state index contributed by atoms with van der Waals surface area (Å²) < 4.78 is 0. The number of carbonyl (C=O) groups excluding carboxylic acids is 1. The van der Waals surface area contributed by atoms with E-state index in [2.05, 4.69) is 55.7 Å². The van der Waals surface area contributed by atoms with Crippen LogP contribution in [0.2, 0.25) is 0 Å². The zero-order valence-electron chi connectivity index (χ0n) is 16.4. The van der Waals surface area contributed by atoms with E-state index < -0.39 is 0 Å². The van der Waals surface area contributed by atoms with Crippen LogP contribution in [0.1, 0.15) is 49.8 Å². The summed E-state index contributed by atoms with van der Waals surface area (Å²) in [5.41, 5.74) is 4.14. The first-order valence-electron chi connectivity index (χ1n) is 9.99. The highest BCUT2D eigenvalue weighted by Gasteiger charge is 2.32. The number of hydrogen-bond donors (Lipinski definition) is 0. The number of hydrogen-bond acceptors (Lipinski definition) is 2. The molecule has 3 rings (SSSR count). The molecule has 0 aromatic heterocycles. The van der Waals surface area contributed by atoms with Crippen molar-refractivity contribution in [3.63, 3.8) is 0 Å². The maximum atomic E-state index is 12.9. The quantitative estimate of drug-likeness (QED) is 0.828. The van der Waals surface area contributed by atoms with Gasteiger partial charge in [-0.25, -0.2) is 0 Å². The molecule has 1 aromatic rings. The minimum Gasteiger partial charge on any atom is -0.342 e. The molecule has 2 aliphatic heterocycles. The first-order valence-corrected chi connectivity index (χ1v) is 9.99. The van der Waals surface area contributed by atoms with Crippen molar-refractivity contribution in [1.29, 1.82) is 0 Å². The summed E-state index contributed by atoms with van der Waals surface area (Å²) >= 11 is 0. The number of amides is 1. The van der Waals surface area contributed by atoms with E-state index in [1.807, 2.05) is 0 Å². The second-order valence-electron chi connectivity index (χ2n) is 8.67. The Kier molecular flexibility index (Phi) is 5.83. The van der Waals surface area contributed by atoms with Gasteiger partial charge in [0.2, 0.25) is 5.91 Å². The van der Waals surface area contributed by atoms with Crippen LogP contribution in [0.25, 0.3) is 0 Å². The van der Waals surface area contributed by atoms with Crippen LogP contribution in [-0.4, -0.2) is 41.9 Å². The van der Waals surface area contributed by atoms with Gasteiger partial charge < -0.3 is 4.90 Å². The van der Waals surface area contributed by atoms with Crippen LogP contribution in [0.15, 0.2) is 18.2 Å². The Bertz CT molecular complexity index is 594. The highest BCUT2D eigenvalue weighted by Crippen LogP contribution is 2.26. The maximum absolute atomic E-state index is 12.9. The van der Waals surface area contributed by atoms with Crippen LogP contribution in [0.5, 0.6) is 0 Å². The third kappa shape index (κ3) is 4.63. The van der Waals surface area contributed by atoms with Crippen molar-refractivity contribution >= 4 is 5.91 Å². The summed E-state index contributed by atoms with van der Waals surface area (Å²) in [7, 11) is 0. The molecule has 138 valence electrons. The lowest BCUT2D eigenvalue weighted by molar-refractivity contribution is -0.139. The molecule has 3 heteroatoms. The standard InChI is InChI=1S/C22H34N2O/c1-16-5-6-19(4)21(12-16)15-23-9-7-20(8-10-23)22(25)24-13-17(2)11-18(3)14-24/h5-6,12,17-18,20H,7-11,13-15H2,1-4H3. The monoisotopic (exact) mass is 342 g/mol. The molecule has 1 amide bonds. The van der Waals surface area contributed by atoms with E-state index in [-0.39, 0.29) is 5.92 Å². The van der Waals surface area contributed by atoms with E-state index in [1.54, 1.807) is 0 Å². The van der Waals surface area contributed by atoms with E-state index in [1.165, 1.54) is 23.1 Å². The van der Waals surface area contributed by atoms with Gasteiger partial charge in [-0.2, -0.15) is 0 Å². The summed E-state index contributed by atoms with van der Waals surface area (Å²) in [5.74, 6) is 1.96. The van der Waals surface area contributed by atoms with Gasteiger partial charge in [0, 0.05) is 25.6 Å². The molecular weight excluding hydrogens is 308 g/mol. The van der Waals surface area contributed by atoms with Gasteiger partial charge in [0.1, 0.15) is 0 Å². The molecule has 25 heavy (non-hydrogen) atoms. The molecule has 0 radical (unpaired) electrons. The van der Waals surface area contributed by atoms with Crippen molar-refractivity contribution in [1.82, 2.24) is 9.80 Å². The van der Waals surface area contributed by atoms with E-state index in [9.17, 15) is 4.79 Å². The third-order valence-corrected chi connectivity index (χ3v) is 6.02. The lowest BCUT2D eigenvalue weighted by atomic mass is 9.89. The van der Waals surface area contributed by atoms with E-state index >= 15 is 0 Å². The first kappa shape index (κ1) is 18.4. The summed E-state index contributed by atoms with van der Waals surface area (Å²) in [6.45, 7) is 14.0. The molecule has 2 saturated heterocycles.